The molecule has 0 N–H and O–H groups in total. The summed E-state index contributed by atoms with van der Waals surface area (Å²) in [5, 5.41) is 0. The summed E-state index contributed by atoms with van der Waals surface area (Å²) in [7, 11) is 0. The molecule has 0 amide bonds. The van der Waals surface area contributed by atoms with Gasteiger partial charge in [-0.1, -0.05) is 33.3 Å². The zero-order chi connectivity index (χ0) is 17.4. The number of halogens is 1. The maximum atomic E-state index is 14.4. The molecule has 0 aromatic carbocycles. The molecule has 0 aromatic rings. The molecule has 0 spiro atoms. The maximum absolute atomic E-state index is 14.4. The Labute approximate surface area is 148 Å². The smallest absolute Gasteiger partial charge is 0.118 e. The molecule has 1 saturated carbocycles. The minimum absolute atomic E-state index is 0.142. The summed E-state index contributed by atoms with van der Waals surface area (Å²) in [6.07, 6.45) is 17.2. The monoisotopic (exact) mass is 333 g/mol. The maximum Gasteiger partial charge on any atom is 0.118 e. The molecule has 4 atom stereocenters. The van der Waals surface area contributed by atoms with E-state index in [0.717, 1.165) is 45.2 Å². The number of fused-ring (bicyclic) bond motifs is 1. The van der Waals surface area contributed by atoms with Gasteiger partial charge in [-0.05, 0) is 75.1 Å². The second kappa shape index (κ2) is 9.47. The molecule has 4 unspecified atom stereocenters. The number of rotatable bonds is 8. The summed E-state index contributed by atoms with van der Waals surface area (Å²) in [5.74, 6) is 1.29. The highest BCUT2D eigenvalue weighted by Gasteiger charge is 2.53. The molecule has 2 rings (SSSR count). The summed E-state index contributed by atoms with van der Waals surface area (Å²) in [6.45, 7) is 9.11. The molecule has 2 aliphatic carbocycles. The topological polar surface area (TPSA) is 3.24 Å². The van der Waals surface area contributed by atoms with Gasteiger partial charge in [-0.25, -0.2) is 4.39 Å². The number of alkyl halides is 1. The second-order valence-electron chi connectivity index (χ2n) is 7.86. The molecule has 0 heterocycles. The first kappa shape index (κ1) is 19.3. The van der Waals surface area contributed by atoms with Crippen molar-refractivity contribution in [1.82, 2.24) is 4.90 Å². The second-order valence-corrected chi connectivity index (χ2v) is 7.86. The largest absolute Gasteiger partial charge is 0.378 e. The van der Waals surface area contributed by atoms with Gasteiger partial charge in [0.15, 0.2) is 0 Å². The highest BCUT2D eigenvalue weighted by molar-refractivity contribution is 5.14. The molecule has 1 nitrogen and oxygen atoms in total. The van der Waals surface area contributed by atoms with Crippen molar-refractivity contribution in [3.05, 3.63) is 30.2 Å². The lowest BCUT2D eigenvalue weighted by Crippen LogP contribution is -2.20. The van der Waals surface area contributed by atoms with E-state index in [1.54, 1.807) is 0 Å². The Balaban J connectivity index is 1.90. The molecule has 2 aliphatic rings. The van der Waals surface area contributed by atoms with E-state index in [2.05, 4.69) is 49.8 Å². The first-order valence-corrected chi connectivity index (χ1v) is 10.1. The first-order valence-electron chi connectivity index (χ1n) is 10.1. The van der Waals surface area contributed by atoms with Crippen molar-refractivity contribution in [2.45, 2.75) is 77.8 Å². The van der Waals surface area contributed by atoms with Crippen molar-refractivity contribution in [3.63, 3.8) is 0 Å². The van der Waals surface area contributed by atoms with Gasteiger partial charge in [0.1, 0.15) is 5.67 Å². The highest BCUT2D eigenvalue weighted by Crippen LogP contribution is 2.52. The van der Waals surface area contributed by atoms with Crippen molar-refractivity contribution >= 4 is 0 Å². The van der Waals surface area contributed by atoms with Gasteiger partial charge in [-0.2, -0.15) is 0 Å². The minimum Gasteiger partial charge on any atom is -0.378 e. The highest BCUT2D eigenvalue weighted by atomic mass is 19.1. The molecule has 0 radical (unpaired) electrons. The quantitative estimate of drug-likeness (QED) is 0.473. The Morgan fingerprint density at radius 3 is 2.92 bits per heavy atom. The summed E-state index contributed by atoms with van der Waals surface area (Å²) in [6, 6.07) is 0. The van der Waals surface area contributed by atoms with E-state index < -0.39 is 5.67 Å². The van der Waals surface area contributed by atoms with E-state index in [1.165, 1.54) is 19.3 Å². The van der Waals surface area contributed by atoms with Gasteiger partial charge >= 0.3 is 0 Å². The van der Waals surface area contributed by atoms with Crippen LogP contribution >= 0.6 is 0 Å². The van der Waals surface area contributed by atoms with Crippen LogP contribution in [-0.2, 0) is 0 Å². The van der Waals surface area contributed by atoms with Gasteiger partial charge in [-0.15, -0.1) is 5.73 Å². The third-order valence-corrected chi connectivity index (χ3v) is 5.72. The summed E-state index contributed by atoms with van der Waals surface area (Å²) in [4.78, 5) is 2.46. The van der Waals surface area contributed by atoms with E-state index >= 15 is 0 Å². The molecular formula is C22H36FN. The van der Waals surface area contributed by atoms with Gasteiger partial charge in [0.05, 0.1) is 0 Å². The number of unbranched alkanes of at least 4 members (excludes halogenated alkanes) is 1. The predicted molar refractivity (Wildman–Crippen MR) is 102 cm³/mol. The Morgan fingerprint density at radius 1 is 1.33 bits per heavy atom. The van der Waals surface area contributed by atoms with E-state index in [4.69, 9.17) is 0 Å². The lowest BCUT2D eigenvalue weighted by atomic mass is 9.85. The Morgan fingerprint density at radius 2 is 2.17 bits per heavy atom. The molecule has 2 heteroatoms. The Kier molecular flexibility index (Phi) is 7.62. The van der Waals surface area contributed by atoms with Gasteiger partial charge in [0.25, 0.3) is 0 Å². The molecule has 0 bridgehead atoms. The standard InChI is InChI=1S/C22H36FN/c1-4-6-16-24(15-5-2)17-13-19(3)20-10-7-8-12-21-18-22(21,23)14-9-11-20/h7,12-13,17,19-21H,4-6,9-11,14-16,18H2,1-3H3. The number of hydrogen-bond acceptors (Lipinski definition) is 1. The average Bonchev–Trinajstić information content (AvgIpc) is 3.22. The van der Waals surface area contributed by atoms with E-state index in [0.29, 0.717) is 11.8 Å². The third kappa shape index (κ3) is 5.81. The molecule has 0 aromatic heterocycles. The fraction of sp³-hybridized carbons (Fsp3) is 0.773. The van der Waals surface area contributed by atoms with E-state index in [9.17, 15) is 4.39 Å². The molecule has 1 fully saturated rings. The molecule has 24 heavy (non-hydrogen) atoms. The van der Waals surface area contributed by atoms with Crippen molar-refractivity contribution in [2.75, 3.05) is 13.1 Å². The molecule has 0 saturated heterocycles. The molecule has 0 aliphatic heterocycles. The zero-order valence-corrected chi connectivity index (χ0v) is 15.9. The summed E-state index contributed by atoms with van der Waals surface area (Å²) < 4.78 is 14.4. The third-order valence-electron chi connectivity index (χ3n) is 5.72. The van der Waals surface area contributed by atoms with Crippen LogP contribution in [0.4, 0.5) is 4.39 Å². The predicted octanol–water partition coefficient (Wildman–Crippen LogP) is 6.28. The van der Waals surface area contributed by atoms with Crippen LogP contribution in [-0.4, -0.2) is 23.7 Å². The van der Waals surface area contributed by atoms with Crippen molar-refractivity contribution in [1.29, 1.82) is 0 Å². The van der Waals surface area contributed by atoms with Crippen LogP contribution in [0.3, 0.4) is 0 Å². The van der Waals surface area contributed by atoms with Gasteiger partial charge < -0.3 is 4.90 Å². The Hall–Kier alpha value is -1.01. The fourth-order valence-electron chi connectivity index (χ4n) is 3.78. The van der Waals surface area contributed by atoms with Crippen LogP contribution in [0.1, 0.15) is 72.1 Å². The first-order chi connectivity index (χ1) is 11.6. The lowest BCUT2D eigenvalue weighted by molar-refractivity contribution is 0.252. The fourth-order valence-corrected chi connectivity index (χ4v) is 3.78. The van der Waals surface area contributed by atoms with Crippen LogP contribution in [0.2, 0.25) is 0 Å². The van der Waals surface area contributed by atoms with Gasteiger partial charge in [0, 0.05) is 19.0 Å². The molecular weight excluding hydrogens is 297 g/mol. The summed E-state index contributed by atoms with van der Waals surface area (Å²) in [5.41, 5.74) is 2.34. The lowest BCUT2D eigenvalue weighted by Gasteiger charge is -2.24. The van der Waals surface area contributed by atoms with Crippen LogP contribution in [0.15, 0.2) is 30.2 Å². The van der Waals surface area contributed by atoms with Crippen molar-refractivity contribution in [2.24, 2.45) is 17.8 Å². The van der Waals surface area contributed by atoms with E-state index in [-0.39, 0.29) is 5.92 Å². The van der Waals surface area contributed by atoms with Crippen LogP contribution in [0.5, 0.6) is 0 Å². The minimum atomic E-state index is -0.903. The van der Waals surface area contributed by atoms with Crippen LogP contribution in [0.25, 0.3) is 0 Å². The Bertz CT molecular complexity index is 463. The average molecular weight is 334 g/mol. The van der Waals surface area contributed by atoms with E-state index in [1.807, 2.05) is 6.08 Å². The van der Waals surface area contributed by atoms with Crippen molar-refractivity contribution in [3.8, 4) is 0 Å². The summed E-state index contributed by atoms with van der Waals surface area (Å²) >= 11 is 0. The van der Waals surface area contributed by atoms with Gasteiger partial charge in [-0.3, -0.25) is 0 Å². The van der Waals surface area contributed by atoms with Crippen LogP contribution in [0, 0.1) is 17.8 Å². The zero-order valence-electron chi connectivity index (χ0n) is 15.9. The number of nitrogens with zero attached hydrogens (tertiary/aromatic N) is 1. The normalized spacial score (nSPS) is 31.0. The van der Waals surface area contributed by atoms with Gasteiger partial charge in [0.2, 0.25) is 0 Å². The van der Waals surface area contributed by atoms with Crippen LogP contribution < -0.4 is 0 Å². The van der Waals surface area contributed by atoms with Crippen molar-refractivity contribution < 1.29 is 4.39 Å². The number of allylic oxidation sites excluding steroid dienone is 2. The SMILES string of the molecule is CCCCN(C=CC(C)C1CC=C=CC2CC2(F)CCC1)CCC. The molecule has 136 valence electrons. The number of hydrogen-bond donors (Lipinski definition) is 0.